The van der Waals surface area contributed by atoms with E-state index in [2.05, 4.69) is 26.8 Å². The van der Waals surface area contributed by atoms with Gasteiger partial charge in [-0.1, -0.05) is 70.6 Å². The summed E-state index contributed by atoms with van der Waals surface area (Å²) in [6.07, 6.45) is 14.5. The highest BCUT2D eigenvalue weighted by Gasteiger charge is 2.51. The van der Waals surface area contributed by atoms with Gasteiger partial charge in [-0.15, -0.1) is 0 Å². The van der Waals surface area contributed by atoms with Crippen molar-refractivity contribution in [2.75, 3.05) is 7.11 Å². The molecule has 4 rings (SSSR count). The van der Waals surface area contributed by atoms with Gasteiger partial charge in [0.1, 0.15) is 17.6 Å². The summed E-state index contributed by atoms with van der Waals surface area (Å²) in [5.74, 6) is -1.94. The summed E-state index contributed by atoms with van der Waals surface area (Å²) in [5, 5.41) is 23.1. The molecule has 1 aliphatic carbocycles. The normalized spacial score (nSPS) is 45.5. The van der Waals surface area contributed by atoms with Gasteiger partial charge in [-0.05, 0) is 55.9 Å². The van der Waals surface area contributed by atoms with Crippen LogP contribution in [0, 0.1) is 23.7 Å². The Bertz CT molecular complexity index is 1130. The van der Waals surface area contributed by atoms with Gasteiger partial charge in [0.25, 0.3) is 0 Å². The van der Waals surface area contributed by atoms with E-state index in [0.717, 1.165) is 17.6 Å². The Morgan fingerprint density at radius 3 is 2.50 bits per heavy atom. The Hall–Kier alpha value is -2.03. The van der Waals surface area contributed by atoms with Crippen LogP contribution in [0.15, 0.2) is 59.3 Å². The molecule has 0 unspecified atom stereocenters. The molecule has 0 radical (unpaired) electrons. The van der Waals surface area contributed by atoms with E-state index in [0.29, 0.717) is 30.8 Å². The molecule has 7 nitrogen and oxygen atoms in total. The molecular weight excluding hydrogens is 532 g/mol. The summed E-state index contributed by atoms with van der Waals surface area (Å²) in [6.45, 7) is 14.2. The molecule has 0 amide bonds. The molecule has 3 heterocycles. The number of esters is 1. The van der Waals surface area contributed by atoms with Crippen molar-refractivity contribution >= 4 is 5.97 Å². The second-order valence-corrected chi connectivity index (χ2v) is 13.2. The monoisotopic (exact) mass is 584 g/mol. The maximum Gasteiger partial charge on any atom is 0.316 e. The summed E-state index contributed by atoms with van der Waals surface area (Å²) in [7, 11) is 1.62. The van der Waals surface area contributed by atoms with E-state index in [-0.39, 0.29) is 36.6 Å². The van der Waals surface area contributed by atoms with E-state index < -0.39 is 35.5 Å². The molecule has 7 heteroatoms. The lowest BCUT2D eigenvalue weighted by molar-refractivity contribution is -0.300. The van der Waals surface area contributed by atoms with E-state index in [9.17, 15) is 15.0 Å². The lowest BCUT2D eigenvalue weighted by atomic mass is 9.71. The third kappa shape index (κ3) is 6.86. The van der Waals surface area contributed by atoms with E-state index >= 15 is 0 Å². The quantitative estimate of drug-likeness (QED) is 0.312. The van der Waals surface area contributed by atoms with Crippen molar-refractivity contribution in [1.29, 1.82) is 0 Å². The van der Waals surface area contributed by atoms with Crippen LogP contribution in [0.5, 0.6) is 0 Å². The van der Waals surface area contributed by atoms with Crippen LogP contribution in [0.1, 0.15) is 80.6 Å². The molecular formula is C35H52O7. The number of hydrogen-bond donors (Lipinski definition) is 2. The number of carbonyl (C=O) groups is 1. The second kappa shape index (κ2) is 13.3. The predicted molar refractivity (Wildman–Crippen MR) is 163 cm³/mol. The number of aliphatic hydroxyl groups excluding tert-OH is 1. The Morgan fingerprint density at radius 1 is 1.07 bits per heavy atom. The number of ether oxygens (including phenoxy) is 4. The number of fused-ring (bicyclic) bond motifs is 3. The highest BCUT2D eigenvalue weighted by atomic mass is 16.7. The third-order valence-corrected chi connectivity index (χ3v) is 10.00. The summed E-state index contributed by atoms with van der Waals surface area (Å²) in [4.78, 5) is 14.0. The van der Waals surface area contributed by atoms with Crippen molar-refractivity contribution in [2.24, 2.45) is 23.7 Å². The average Bonchev–Trinajstić information content (AvgIpc) is 2.96. The van der Waals surface area contributed by atoms with Crippen molar-refractivity contribution in [1.82, 2.24) is 0 Å². The first-order chi connectivity index (χ1) is 19.8. The molecule has 0 aromatic rings. The number of carbonyl (C=O) groups excluding carboxylic acids is 1. The van der Waals surface area contributed by atoms with Crippen LogP contribution in [-0.4, -0.2) is 65.2 Å². The van der Waals surface area contributed by atoms with E-state index in [4.69, 9.17) is 18.9 Å². The molecule has 0 saturated carbocycles. The van der Waals surface area contributed by atoms with Crippen LogP contribution in [0.25, 0.3) is 0 Å². The van der Waals surface area contributed by atoms with Crippen molar-refractivity contribution in [2.45, 2.75) is 122 Å². The third-order valence-electron chi connectivity index (χ3n) is 10.00. The molecule has 4 aliphatic rings. The van der Waals surface area contributed by atoms with Gasteiger partial charge in [0, 0.05) is 38.2 Å². The van der Waals surface area contributed by atoms with Gasteiger partial charge in [0.2, 0.25) is 0 Å². The summed E-state index contributed by atoms with van der Waals surface area (Å²) >= 11 is 0. The lowest BCUT2D eigenvalue weighted by Gasteiger charge is -2.48. The highest BCUT2D eigenvalue weighted by molar-refractivity contribution is 5.78. The van der Waals surface area contributed by atoms with E-state index in [1.807, 2.05) is 58.1 Å². The number of methoxy groups -OCH3 is 1. The van der Waals surface area contributed by atoms with Crippen LogP contribution >= 0.6 is 0 Å². The smallest absolute Gasteiger partial charge is 0.316 e. The molecule has 2 bridgehead atoms. The minimum atomic E-state index is -1.49. The average molecular weight is 585 g/mol. The van der Waals surface area contributed by atoms with Crippen LogP contribution in [0.4, 0.5) is 0 Å². The highest BCUT2D eigenvalue weighted by Crippen LogP contribution is 2.44. The molecule has 42 heavy (non-hydrogen) atoms. The summed E-state index contributed by atoms with van der Waals surface area (Å²) < 4.78 is 25.4. The molecule has 0 aromatic heterocycles. The Kier molecular flexibility index (Phi) is 10.4. The Morgan fingerprint density at radius 2 is 1.81 bits per heavy atom. The standard InChI is InChI=1S/C35H52O7/c1-9-21(2)32-24(5)15-16-34(42-32)19-28-18-27(41-34)14-13-23(4)31(36)22(3)11-10-12-26(7)35(38)20-30(39-8)25(6)17-29(35)33(37)40-28/h10-13,15-17,21-22,24,27-32,36,38H,9,14,18-20H2,1-8H3/b11-10-,23-13+,26-12+/t21-,22-,24-,27+,28-,29-,30-,31-,32+,34+,35+/m0/s1. The van der Waals surface area contributed by atoms with Crippen molar-refractivity contribution in [3.8, 4) is 0 Å². The predicted octanol–water partition coefficient (Wildman–Crippen LogP) is 5.97. The molecule has 1 spiro atoms. The fourth-order valence-electron chi connectivity index (χ4n) is 6.87. The largest absolute Gasteiger partial charge is 0.462 e. The van der Waals surface area contributed by atoms with Crippen LogP contribution in [0.3, 0.4) is 0 Å². The number of allylic oxidation sites excluding steroid dienone is 2. The van der Waals surface area contributed by atoms with Gasteiger partial charge in [-0.25, -0.2) is 0 Å². The first kappa shape index (κ1) is 32.9. The second-order valence-electron chi connectivity index (χ2n) is 13.2. The van der Waals surface area contributed by atoms with Gasteiger partial charge in [-0.2, -0.15) is 0 Å². The van der Waals surface area contributed by atoms with Crippen molar-refractivity contribution < 1.29 is 34.0 Å². The topological polar surface area (TPSA) is 94.5 Å². The number of hydrogen-bond acceptors (Lipinski definition) is 7. The minimum absolute atomic E-state index is 0.0209. The fraction of sp³-hybridized carbons (Fsp3) is 0.686. The van der Waals surface area contributed by atoms with Crippen molar-refractivity contribution in [3.63, 3.8) is 0 Å². The molecule has 2 N–H and O–H groups in total. The SMILES string of the molecule is CC[C@H](C)[C@H]1O[C@]2(C=C[C@@H]1C)C[C@@H]1C[C@@H](C/C=C(\C)[C@@H](O)[C@@H](C)/C=C\C=C(/C)[C@]3(O)C[C@H](OC)C(C)=C[C@H]3C(=O)O1)O2. The van der Waals surface area contributed by atoms with Crippen LogP contribution < -0.4 is 0 Å². The van der Waals surface area contributed by atoms with Crippen LogP contribution in [-0.2, 0) is 23.7 Å². The molecule has 1 fully saturated rings. The fourth-order valence-corrected chi connectivity index (χ4v) is 6.87. The van der Waals surface area contributed by atoms with Crippen LogP contribution in [0.2, 0.25) is 0 Å². The molecule has 0 aromatic carbocycles. The first-order valence-corrected chi connectivity index (χ1v) is 15.7. The van der Waals surface area contributed by atoms with Gasteiger partial charge < -0.3 is 29.2 Å². The van der Waals surface area contributed by atoms with Gasteiger partial charge >= 0.3 is 5.97 Å². The molecule has 3 aliphatic heterocycles. The molecule has 1 saturated heterocycles. The van der Waals surface area contributed by atoms with E-state index in [1.165, 1.54) is 0 Å². The molecule has 234 valence electrons. The maximum atomic E-state index is 14.0. The lowest BCUT2D eigenvalue weighted by Crippen LogP contribution is -2.54. The summed E-state index contributed by atoms with van der Waals surface area (Å²) in [6, 6.07) is 0. The summed E-state index contributed by atoms with van der Waals surface area (Å²) in [5.41, 5.74) is 0.899. The zero-order valence-electron chi connectivity index (χ0n) is 26.7. The zero-order valence-corrected chi connectivity index (χ0v) is 26.7. The maximum absolute atomic E-state index is 14.0. The number of rotatable bonds is 3. The Labute approximate surface area is 252 Å². The first-order valence-electron chi connectivity index (χ1n) is 15.7. The Balaban J connectivity index is 1.75. The van der Waals surface area contributed by atoms with Gasteiger partial charge in [0.05, 0.1) is 24.4 Å². The molecule has 11 atom stereocenters. The van der Waals surface area contributed by atoms with Crippen molar-refractivity contribution in [3.05, 3.63) is 59.3 Å². The minimum Gasteiger partial charge on any atom is -0.462 e. The zero-order chi connectivity index (χ0) is 30.8. The van der Waals surface area contributed by atoms with Gasteiger partial charge in [-0.3, -0.25) is 4.79 Å². The van der Waals surface area contributed by atoms with Gasteiger partial charge in [0.15, 0.2) is 5.79 Å². The van der Waals surface area contributed by atoms with E-state index in [1.54, 1.807) is 13.2 Å². The number of aliphatic hydroxyl groups is 2.